The van der Waals surface area contributed by atoms with Crippen molar-refractivity contribution < 1.29 is 10.2 Å². The van der Waals surface area contributed by atoms with Crippen LogP contribution < -0.4 is 0 Å². The predicted molar refractivity (Wildman–Crippen MR) is 19.0 cm³/mol. The first-order valence-corrected chi connectivity index (χ1v) is 1.58. The van der Waals surface area contributed by atoms with Crippen molar-refractivity contribution in [2.75, 3.05) is 13.2 Å². The van der Waals surface area contributed by atoms with E-state index in [0.717, 1.165) is 13.2 Å². The molecule has 0 spiro atoms. The Morgan fingerprint density at radius 1 is 1.20 bits per heavy atom. The summed E-state index contributed by atoms with van der Waals surface area (Å²) >= 11 is 0. The molecule has 1 aliphatic heterocycles. The molecule has 1 rings (SSSR count). The van der Waals surface area contributed by atoms with E-state index in [0.29, 0.717) is 0 Å². The van der Waals surface area contributed by atoms with E-state index in [1.807, 2.05) is 0 Å². The van der Waals surface area contributed by atoms with Crippen molar-refractivity contribution in [3.05, 3.63) is 0 Å². The minimum Gasteiger partial charge on any atom is -0.412 e. The summed E-state index contributed by atoms with van der Waals surface area (Å²) in [6, 6.07) is 0. The molecule has 0 saturated carbocycles. The molecular weight excluding hydrogens is 68.0 g/mol. The summed E-state index contributed by atoms with van der Waals surface area (Å²) in [7, 11) is 0. The van der Waals surface area contributed by atoms with E-state index in [2.05, 4.69) is 0 Å². The van der Waals surface area contributed by atoms with Gasteiger partial charge in [-0.25, -0.2) is 0 Å². The Labute approximate surface area is 31.1 Å². The lowest BCUT2D eigenvalue weighted by molar-refractivity contribution is 0.0367. The first-order valence-electron chi connectivity index (χ1n) is 1.58. The van der Waals surface area contributed by atoms with Crippen LogP contribution in [0.15, 0.2) is 0 Å². The van der Waals surface area contributed by atoms with Crippen molar-refractivity contribution in [3.63, 3.8) is 0 Å². The Morgan fingerprint density at radius 3 is 1.40 bits per heavy atom. The third-order valence-corrected chi connectivity index (χ3v) is 0.577. The van der Waals surface area contributed by atoms with E-state index in [1.165, 1.54) is 6.42 Å². The van der Waals surface area contributed by atoms with Crippen molar-refractivity contribution >= 4 is 0 Å². The second-order valence-corrected chi connectivity index (χ2v) is 0.966. The summed E-state index contributed by atoms with van der Waals surface area (Å²) in [5.41, 5.74) is 0. The monoisotopic (exact) mass is 76.1 g/mol. The fourth-order valence-electron chi connectivity index (χ4n) is 0.144. The second-order valence-electron chi connectivity index (χ2n) is 0.966. The molecule has 0 bridgehead atoms. The third-order valence-electron chi connectivity index (χ3n) is 0.577. The van der Waals surface area contributed by atoms with E-state index < -0.39 is 0 Å². The molecule has 0 aromatic heterocycles. The lowest BCUT2D eigenvalue weighted by Crippen LogP contribution is -2.09. The Morgan fingerprint density at radius 2 is 1.40 bits per heavy atom. The molecule has 0 amide bonds. The van der Waals surface area contributed by atoms with Crippen LogP contribution in [0.1, 0.15) is 6.42 Å². The van der Waals surface area contributed by atoms with E-state index in [1.54, 1.807) is 0 Å². The fourth-order valence-corrected chi connectivity index (χ4v) is 0.144. The minimum atomic E-state index is 0. The Kier molecular flexibility index (Phi) is 2.14. The first kappa shape index (κ1) is 4.92. The van der Waals surface area contributed by atoms with Gasteiger partial charge in [-0.3, -0.25) is 0 Å². The van der Waals surface area contributed by atoms with Gasteiger partial charge in [0.25, 0.3) is 0 Å². The maximum absolute atomic E-state index is 4.72. The minimum absolute atomic E-state index is 0. The highest BCUT2D eigenvalue weighted by Gasteiger charge is 1.94. The van der Waals surface area contributed by atoms with Gasteiger partial charge in [0.05, 0.1) is 0 Å². The molecular formula is C3H8O2. The molecule has 5 heavy (non-hydrogen) atoms. The molecule has 0 atom stereocenters. The molecule has 1 saturated heterocycles. The number of hydrogen-bond donors (Lipinski definition) is 0. The van der Waals surface area contributed by atoms with Crippen LogP contribution in [0.25, 0.3) is 0 Å². The molecule has 0 aromatic carbocycles. The van der Waals surface area contributed by atoms with Crippen LogP contribution >= 0.6 is 0 Å². The Balaban J connectivity index is 0.000000160. The predicted octanol–water partition coefficient (Wildman–Crippen LogP) is -0.418. The van der Waals surface area contributed by atoms with Gasteiger partial charge in [-0.2, -0.15) is 0 Å². The number of rotatable bonds is 0. The SMILES string of the molecule is C1COC1.O. The lowest BCUT2D eigenvalue weighted by Gasteiger charge is -2.09. The number of ether oxygens (including phenoxy) is 1. The van der Waals surface area contributed by atoms with Crippen LogP contribution in [-0.4, -0.2) is 18.7 Å². The van der Waals surface area contributed by atoms with Gasteiger partial charge >= 0.3 is 0 Å². The van der Waals surface area contributed by atoms with Crippen LogP contribution in [0.3, 0.4) is 0 Å². The van der Waals surface area contributed by atoms with Crippen molar-refractivity contribution in [1.82, 2.24) is 0 Å². The van der Waals surface area contributed by atoms with Crippen molar-refractivity contribution in [3.8, 4) is 0 Å². The molecule has 2 heteroatoms. The molecule has 0 aliphatic carbocycles. The summed E-state index contributed by atoms with van der Waals surface area (Å²) in [5, 5.41) is 0. The quantitative estimate of drug-likeness (QED) is 0.386. The molecule has 1 fully saturated rings. The highest BCUT2D eigenvalue weighted by molar-refractivity contribution is 4.41. The smallest absolute Gasteiger partial charge is 0.0488 e. The zero-order valence-electron chi connectivity index (χ0n) is 3.03. The normalized spacial score (nSPS) is 19.2. The van der Waals surface area contributed by atoms with Crippen molar-refractivity contribution in [1.29, 1.82) is 0 Å². The molecule has 2 N–H and O–H groups in total. The molecule has 2 nitrogen and oxygen atoms in total. The van der Waals surface area contributed by atoms with Gasteiger partial charge < -0.3 is 10.2 Å². The molecule has 1 heterocycles. The standard InChI is InChI=1S/C3H6O.H2O/c1-2-4-3-1;/h1-3H2;1H2. The summed E-state index contributed by atoms with van der Waals surface area (Å²) in [6.07, 6.45) is 1.28. The van der Waals surface area contributed by atoms with Gasteiger partial charge in [-0.1, -0.05) is 0 Å². The highest BCUT2D eigenvalue weighted by Crippen LogP contribution is 1.92. The van der Waals surface area contributed by atoms with Crippen molar-refractivity contribution in [2.24, 2.45) is 0 Å². The number of hydrogen-bond acceptors (Lipinski definition) is 1. The van der Waals surface area contributed by atoms with E-state index in [-0.39, 0.29) is 5.48 Å². The van der Waals surface area contributed by atoms with Crippen LogP contribution in [0, 0.1) is 0 Å². The Bertz CT molecular complexity index is 12.9. The van der Waals surface area contributed by atoms with E-state index in [9.17, 15) is 0 Å². The van der Waals surface area contributed by atoms with Gasteiger partial charge in [0.15, 0.2) is 0 Å². The van der Waals surface area contributed by atoms with Crippen LogP contribution in [0.5, 0.6) is 0 Å². The fraction of sp³-hybridized carbons (Fsp3) is 1.00. The average Bonchev–Trinajstić information content (AvgIpc) is 0.722. The lowest BCUT2D eigenvalue weighted by atomic mass is 10.4. The van der Waals surface area contributed by atoms with Gasteiger partial charge in [0.2, 0.25) is 0 Å². The van der Waals surface area contributed by atoms with Gasteiger partial charge in [0, 0.05) is 13.2 Å². The zero-order chi connectivity index (χ0) is 2.83. The summed E-state index contributed by atoms with van der Waals surface area (Å²) < 4.78 is 4.72. The van der Waals surface area contributed by atoms with Crippen LogP contribution in [0.4, 0.5) is 0 Å². The van der Waals surface area contributed by atoms with E-state index in [4.69, 9.17) is 4.74 Å². The maximum atomic E-state index is 4.72. The highest BCUT2D eigenvalue weighted by atomic mass is 16.5. The summed E-state index contributed by atoms with van der Waals surface area (Å²) in [4.78, 5) is 0. The van der Waals surface area contributed by atoms with Crippen LogP contribution in [0.2, 0.25) is 0 Å². The van der Waals surface area contributed by atoms with E-state index >= 15 is 0 Å². The largest absolute Gasteiger partial charge is 0.412 e. The topological polar surface area (TPSA) is 40.7 Å². The molecule has 32 valence electrons. The van der Waals surface area contributed by atoms with Gasteiger partial charge in [-0.15, -0.1) is 0 Å². The second kappa shape index (κ2) is 2.18. The molecule has 0 unspecified atom stereocenters. The molecule has 0 aromatic rings. The average molecular weight is 76.1 g/mol. The maximum Gasteiger partial charge on any atom is 0.0488 e. The zero-order valence-corrected chi connectivity index (χ0v) is 3.03. The summed E-state index contributed by atoms with van der Waals surface area (Å²) in [5.74, 6) is 0. The Hall–Kier alpha value is -0.0800. The van der Waals surface area contributed by atoms with Crippen LogP contribution in [-0.2, 0) is 4.74 Å². The third kappa shape index (κ3) is 0.940. The van der Waals surface area contributed by atoms with Crippen molar-refractivity contribution in [2.45, 2.75) is 6.42 Å². The first-order chi connectivity index (χ1) is 2.00. The molecule has 1 aliphatic rings. The van der Waals surface area contributed by atoms with Gasteiger partial charge in [-0.05, 0) is 6.42 Å². The molecule has 0 radical (unpaired) electrons. The van der Waals surface area contributed by atoms with Gasteiger partial charge in [0.1, 0.15) is 0 Å². The summed E-state index contributed by atoms with van der Waals surface area (Å²) in [6.45, 7) is 2.00.